The molecule has 3 rings (SSSR count). The van der Waals surface area contributed by atoms with Crippen LogP contribution in [0.4, 0.5) is 13.6 Å². The molecule has 0 bridgehead atoms. The van der Waals surface area contributed by atoms with Gasteiger partial charge in [0.05, 0.1) is 23.4 Å². The predicted octanol–water partition coefficient (Wildman–Crippen LogP) is 5.71. The van der Waals surface area contributed by atoms with Crippen LogP contribution in [0.5, 0.6) is 0 Å². The van der Waals surface area contributed by atoms with Crippen molar-refractivity contribution < 1.29 is 18.3 Å². The summed E-state index contributed by atoms with van der Waals surface area (Å²) >= 11 is 0. The first-order chi connectivity index (χ1) is 15.1. The number of carbonyl (C=O) groups excluding carboxylic acids is 1. The van der Waals surface area contributed by atoms with E-state index in [0.29, 0.717) is 22.4 Å². The number of rotatable bonds is 5. The Bertz CT molecular complexity index is 1150. The van der Waals surface area contributed by atoms with Crippen molar-refractivity contribution in [1.29, 1.82) is 5.26 Å². The molecule has 0 saturated carbocycles. The summed E-state index contributed by atoms with van der Waals surface area (Å²) in [5, 5.41) is 12.0. The van der Waals surface area contributed by atoms with Crippen LogP contribution in [-0.4, -0.2) is 16.7 Å². The number of alkyl carbamates (subject to hydrolysis) is 1. The number of aromatic nitrogens is 1. The number of pyridine rings is 1. The first-order valence-electron chi connectivity index (χ1n) is 10.0. The van der Waals surface area contributed by atoms with Crippen molar-refractivity contribution in [2.45, 2.75) is 38.8 Å². The highest BCUT2D eigenvalue weighted by Crippen LogP contribution is 2.30. The van der Waals surface area contributed by atoms with Gasteiger partial charge in [-0.1, -0.05) is 18.2 Å². The van der Waals surface area contributed by atoms with Crippen LogP contribution in [-0.2, 0) is 11.2 Å². The van der Waals surface area contributed by atoms with E-state index in [2.05, 4.69) is 16.4 Å². The first-order valence-corrected chi connectivity index (χ1v) is 10.0. The fourth-order valence-electron chi connectivity index (χ4n) is 3.33. The largest absolute Gasteiger partial charge is 0.444 e. The Labute approximate surface area is 185 Å². The maximum absolute atomic E-state index is 13.8. The molecule has 2 aromatic carbocycles. The molecule has 1 unspecified atom stereocenters. The smallest absolute Gasteiger partial charge is 0.408 e. The lowest BCUT2D eigenvalue weighted by Gasteiger charge is -2.25. The molecule has 0 aliphatic rings. The summed E-state index contributed by atoms with van der Waals surface area (Å²) in [6.45, 7) is 5.22. The summed E-state index contributed by atoms with van der Waals surface area (Å²) in [5.74, 6) is -1.42. The molecule has 3 aromatic rings. The summed E-state index contributed by atoms with van der Waals surface area (Å²) in [7, 11) is 0. The van der Waals surface area contributed by atoms with E-state index in [9.17, 15) is 18.8 Å². The van der Waals surface area contributed by atoms with Crippen molar-refractivity contribution >= 4 is 6.09 Å². The number of benzene rings is 2. The molecular formula is C25H23F2N3O2. The van der Waals surface area contributed by atoms with Crippen LogP contribution in [0.15, 0.2) is 60.8 Å². The Morgan fingerprint density at radius 2 is 1.84 bits per heavy atom. The molecule has 1 N–H and O–H groups in total. The molecule has 1 aromatic heterocycles. The first kappa shape index (κ1) is 22.9. The summed E-state index contributed by atoms with van der Waals surface area (Å²) in [6, 6.07) is 15.1. The molecule has 32 heavy (non-hydrogen) atoms. The normalized spacial score (nSPS) is 12.0. The summed E-state index contributed by atoms with van der Waals surface area (Å²) in [4.78, 5) is 17.0. The number of halogens is 2. The van der Waals surface area contributed by atoms with Crippen molar-refractivity contribution in [2.75, 3.05) is 0 Å². The molecule has 0 spiro atoms. The van der Waals surface area contributed by atoms with Crippen molar-refractivity contribution in [3.05, 3.63) is 89.2 Å². The number of nitrogens with zero attached hydrogens (tertiary/aromatic N) is 2. The third-order valence-electron chi connectivity index (χ3n) is 4.52. The quantitative estimate of drug-likeness (QED) is 0.557. The van der Waals surface area contributed by atoms with E-state index in [1.807, 2.05) is 12.1 Å². The lowest BCUT2D eigenvalue weighted by atomic mass is 9.95. The summed E-state index contributed by atoms with van der Waals surface area (Å²) in [6.07, 6.45) is 0.973. The predicted molar refractivity (Wildman–Crippen MR) is 117 cm³/mol. The van der Waals surface area contributed by atoms with Crippen LogP contribution >= 0.6 is 0 Å². The second-order valence-corrected chi connectivity index (χ2v) is 8.31. The van der Waals surface area contributed by atoms with Gasteiger partial charge < -0.3 is 10.1 Å². The van der Waals surface area contributed by atoms with Gasteiger partial charge in [-0.3, -0.25) is 4.98 Å². The number of carbonyl (C=O) groups is 1. The molecule has 0 saturated heterocycles. The van der Waals surface area contributed by atoms with Crippen LogP contribution in [0.1, 0.15) is 43.6 Å². The molecule has 0 aliphatic heterocycles. The zero-order valence-corrected chi connectivity index (χ0v) is 18.0. The molecule has 164 valence electrons. The molecule has 0 fully saturated rings. The summed E-state index contributed by atoms with van der Waals surface area (Å²) in [5.41, 5.74) is 1.99. The van der Waals surface area contributed by atoms with Gasteiger partial charge in [0.15, 0.2) is 0 Å². The van der Waals surface area contributed by atoms with Crippen LogP contribution < -0.4 is 5.32 Å². The van der Waals surface area contributed by atoms with E-state index < -0.39 is 29.4 Å². The van der Waals surface area contributed by atoms with Crippen LogP contribution in [0.25, 0.3) is 11.1 Å². The van der Waals surface area contributed by atoms with Crippen molar-refractivity contribution in [2.24, 2.45) is 0 Å². The second kappa shape index (κ2) is 9.56. The fraction of sp³-hybridized carbons (Fsp3) is 0.240. The van der Waals surface area contributed by atoms with Gasteiger partial charge in [-0.15, -0.1) is 0 Å². The minimum absolute atomic E-state index is 0.0792. The van der Waals surface area contributed by atoms with E-state index in [1.165, 1.54) is 12.1 Å². The standard InChI is InChI=1S/C25H23F2N3O2/c1-25(2,3)32-24(31)30-22(13-17-11-19(26)14-20(27)12-17)23-21(8-5-9-29-23)18-7-4-6-16(10-18)15-28/h4-12,14,22H,13H2,1-3H3,(H,30,31). The molecule has 1 atom stereocenters. The molecule has 0 radical (unpaired) electrons. The fourth-order valence-corrected chi connectivity index (χ4v) is 3.33. The van der Waals surface area contributed by atoms with Gasteiger partial charge in [0.25, 0.3) is 0 Å². The van der Waals surface area contributed by atoms with E-state index >= 15 is 0 Å². The minimum Gasteiger partial charge on any atom is -0.444 e. The van der Waals surface area contributed by atoms with E-state index in [4.69, 9.17) is 4.74 Å². The highest BCUT2D eigenvalue weighted by molar-refractivity contribution is 5.71. The Balaban J connectivity index is 2.04. The number of ether oxygens (including phenoxy) is 1. The van der Waals surface area contributed by atoms with E-state index in [0.717, 1.165) is 11.6 Å². The van der Waals surface area contributed by atoms with Gasteiger partial charge in [0.1, 0.15) is 17.2 Å². The van der Waals surface area contributed by atoms with Gasteiger partial charge in [-0.05, 0) is 68.7 Å². The topological polar surface area (TPSA) is 75.0 Å². The van der Waals surface area contributed by atoms with Gasteiger partial charge in [-0.2, -0.15) is 5.26 Å². The SMILES string of the molecule is CC(C)(C)OC(=O)NC(Cc1cc(F)cc(F)c1)c1ncccc1-c1cccc(C#N)c1. The minimum atomic E-state index is -0.743. The van der Waals surface area contributed by atoms with Crippen molar-refractivity contribution in [3.8, 4) is 17.2 Å². The van der Waals surface area contributed by atoms with E-state index in [-0.39, 0.29) is 6.42 Å². The maximum Gasteiger partial charge on any atom is 0.408 e. The Hall–Kier alpha value is -3.79. The number of hydrogen-bond acceptors (Lipinski definition) is 4. The van der Waals surface area contributed by atoms with Gasteiger partial charge in [-0.25, -0.2) is 13.6 Å². The third kappa shape index (κ3) is 6.11. The Morgan fingerprint density at radius 1 is 1.12 bits per heavy atom. The molecule has 0 aliphatic carbocycles. The molecular weight excluding hydrogens is 412 g/mol. The van der Waals surface area contributed by atoms with Gasteiger partial charge >= 0.3 is 6.09 Å². The summed E-state index contributed by atoms with van der Waals surface area (Å²) < 4.78 is 33.0. The monoisotopic (exact) mass is 435 g/mol. The van der Waals surface area contributed by atoms with Crippen molar-refractivity contribution in [1.82, 2.24) is 10.3 Å². The van der Waals surface area contributed by atoms with E-state index in [1.54, 1.807) is 51.2 Å². The highest BCUT2D eigenvalue weighted by Gasteiger charge is 2.24. The number of hydrogen-bond donors (Lipinski definition) is 1. The molecule has 5 nitrogen and oxygen atoms in total. The average Bonchev–Trinajstić information content (AvgIpc) is 2.71. The second-order valence-electron chi connectivity index (χ2n) is 8.31. The Kier molecular flexibility index (Phi) is 6.84. The lowest BCUT2D eigenvalue weighted by Crippen LogP contribution is -2.36. The number of amides is 1. The van der Waals surface area contributed by atoms with Crippen LogP contribution in [0, 0.1) is 23.0 Å². The van der Waals surface area contributed by atoms with Gasteiger partial charge in [0, 0.05) is 17.8 Å². The third-order valence-corrected chi connectivity index (χ3v) is 4.52. The van der Waals surface area contributed by atoms with Crippen LogP contribution in [0.3, 0.4) is 0 Å². The number of nitriles is 1. The van der Waals surface area contributed by atoms with Crippen molar-refractivity contribution in [3.63, 3.8) is 0 Å². The van der Waals surface area contributed by atoms with Gasteiger partial charge in [0.2, 0.25) is 0 Å². The highest BCUT2D eigenvalue weighted by atomic mass is 19.1. The van der Waals surface area contributed by atoms with Crippen LogP contribution in [0.2, 0.25) is 0 Å². The molecule has 7 heteroatoms. The average molecular weight is 435 g/mol. The lowest BCUT2D eigenvalue weighted by molar-refractivity contribution is 0.0502. The Morgan fingerprint density at radius 3 is 2.50 bits per heavy atom. The molecule has 1 amide bonds. The zero-order chi connectivity index (χ0) is 23.3. The molecule has 1 heterocycles. The zero-order valence-electron chi connectivity index (χ0n) is 18.0. The number of nitrogens with one attached hydrogen (secondary N) is 1. The maximum atomic E-state index is 13.8.